The maximum Gasteiger partial charge on any atom is 0.285 e. The SMILES string of the molecule is CC(C)[NH+](CCOc1ccc(NC(=[NH+]c2ccc(F)cc2)c2ccccc2)cc1)C(C)C.[Br-].[Br-]. The van der Waals surface area contributed by atoms with E-state index in [1.807, 2.05) is 54.6 Å². The minimum Gasteiger partial charge on any atom is -1.00 e. The second kappa shape index (κ2) is 14.9. The molecule has 0 atom stereocenters. The van der Waals surface area contributed by atoms with Crippen molar-refractivity contribution in [3.05, 3.63) is 90.2 Å². The van der Waals surface area contributed by atoms with Gasteiger partial charge in [0.25, 0.3) is 5.84 Å². The van der Waals surface area contributed by atoms with Crippen LogP contribution in [-0.2, 0) is 0 Å². The van der Waals surface area contributed by atoms with Gasteiger partial charge in [0.05, 0.1) is 17.6 Å². The van der Waals surface area contributed by atoms with Crippen molar-refractivity contribution < 1.29 is 53.0 Å². The highest BCUT2D eigenvalue weighted by Crippen LogP contribution is 2.16. The van der Waals surface area contributed by atoms with E-state index < -0.39 is 0 Å². The van der Waals surface area contributed by atoms with Crippen molar-refractivity contribution in [2.45, 2.75) is 39.8 Å². The van der Waals surface area contributed by atoms with Crippen molar-refractivity contribution in [2.24, 2.45) is 0 Å². The molecular formula is C27H34Br2FN3O. The Balaban J connectivity index is 0.00000289. The number of nitrogens with one attached hydrogen (secondary N) is 3. The molecule has 3 rings (SSSR count). The van der Waals surface area contributed by atoms with Crippen molar-refractivity contribution >= 4 is 17.2 Å². The zero-order valence-corrected chi connectivity index (χ0v) is 23.3. The minimum absolute atomic E-state index is 0. The zero-order chi connectivity index (χ0) is 22.9. The Labute approximate surface area is 223 Å². The summed E-state index contributed by atoms with van der Waals surface area (Å²) in [5.41, 5.74) is 2.74. The molecule has 34 heavy (non-hydrogen) atoms. The molecule has 0 aliphatic rings. The Hall–Kier alpha value is -2.22. The van der Waals surface area contributed by atoms with Crippen LogP contribution in [0, 0.1) is 5.82 Å². The summed E-state index contributed by atoms with van der Waals surface area (Å²) in [6.45, 7) is 10.6. The standard InChI is InChI=1S/C27H32FN3O.2BrH/c1-20(2)31(21(3)4)18-19-32-26-16-14-25(15-17-26)30-27(22-8-6-5-7-9-22)29-24-12-10-23(28)11-13-24;;/h5-17,20-21H,18-19H2,1-4H3,(H,29,30);2*1H. The summed E-state index contributed by atoms with van der Waals surface area (Å²) in [7, 11) is 0. The average Bonchev–Trinajstić information content (AvgIpc) is 2.79. The molecule has 3 aromatic carbocycles. The molecule has 3 aromatic rings. The first-order valence-corrected chi connectivity index (χ1v) is 11.2. The maximum absolute atomic E-state index is 13.3. The summed E-state index contributed by atoms with van der Waals surface area (Å²) in [6.07, 6.45) is 0. The van der Waals surface area contributed by atoms with E-state index in [0.717, 1.165) is 35.1 Å². The number of quaternary nitrogens is 1. The number of rotatable bonds is 9. The maximum atomic E-state index is 13.3. The number of halogens is 3. The van der Waals surface area contributed by atoms with Crippen LogP contribution in [-0.4, -0.2) is 31.1 Å². The van der Waals surface area contributed by atoms with Crippen molar-refractivity contribution in [3.63, 3.8) is 0 Å². The molecule has 0 radical (unpaired) electrons. The predicted molar refractivity (Wildman–Crippen MR) is 129 cm³/mol. The minimum atomic E-state index is -0.258. The fourth-order valence-electron chi connectivity index (χ4n) is 3.77. The van der Waals surface area contributed by atoms with Crippen LogP contribution in [0.5, 0.6) is 5.75 Å². The number of benzene rings is 3. The summed E-state index contributed by atoms with van der Waals surface area (Å²) in [4.78, 5) is 4.90. The molecule has 3 N–H and O–H groups in total. The van der Waals surface area contributed by atoms with Crippen LogP contribution < -0.4 is 53.9 Å². The molecule has 0 amide bonds. The molecule has 0 unspecified atom stereocenters. The quantitative estimate of drug-likeness (QED) is 0.185. The van der Waals surface area contributed by atoms with E-state index in [4.69, 9.17) is 4.74 Å². The smallest absolute Gasteiger partial charge is 0.285 e. The molecule has 0 saturated carbocycles. The molecule has 0 bridgehead atoms. The van der Waals surface area contributed by atoms with Crippen LogP contribution in [0.3, 0.4) is 0 Å². The first-order chi connectivity index (χ1) is 15.4. The monoisotopic (exact) mass is 593 g/mol. The van der Waals surface area contributed by atoms with Crippen LogP contribution in [0.1, 0.15) is 33.3 Å². The first-order valence-electron chi connectivity index (χ1n) is 11.2. The molecule has 0 heterocycles. The lowest BCUT2D eigenvalue weighted by atomic mass is 10.2. The highest BCUT2D eigenvalue weighted by molar-refractivity contribution is 6.04. The highest BCUT2D eigenvalue weighted by atomic mass is 79.9. The van der Waals surface area contributed by atoms with Gasteiger partial charge in [0.15, 0.2) is 0 Å². The normalized spacial score (nSPS) is 11.2. The third-order valence-electron chi connectivity index (χ3n) is 5.44. The highest BCUT2D eigenvalue weighted by Gasteiger charge is 2.17. The number of ether oxygens (including phenoxy) is 1. The van der Waals surface area contributed by atoms with Crippen molar-refractivity contribution in [1.82, 2.24) is 0 Å². The molecule has 0 aliphatic carbocycles. The van der Waals surface area contributed by atoms with Crippen molar-refractivity contribution in [3.8, 4) is 5.75 Å². The summed E-state index contributed by atoms with van der Waals surface area (Å²) in [5, 5.41) is 3.44. The molecular weight excluding hydrogens is 561 g/mol. The van der Waals surface area contributed by atoms with Gasteiger partial charge in [-0.25, -0.2) is 14.7 Å². The van der Waals surface area contributed by atoms with Gasteiger partial charge in [-0.15, -0.1) is 0 Å². The Morgan fingerprint density at radius 1 is 0.853 bits per heavy atom. The number of amidine groups is 1. The molecule has 7 heteroatoms. The van der Waals surface area contributed by atoms with E-state index in [1.54, 1.807) is 12.1 Å². The van der Waals surface area contributed by atoms with E-state index >= 15 is 0 Å². The largest absolute Gasteiger partial charge is 1.00 e. The molecule has 0 saturated heterocycles. The Morgan fingerprint density at radius 3 is 2.00 bits per heavy atom. The van der Waals surface area contributed by atoms with Crippen LogP contribution in [0.2, 0.25) is 0 Å². The number of anilines is 1. The van der Waals surface area contributed by atoms with Gasteiger partial charge in [0, 0.05) is 0 Å². The lowest BCUT2D eigenvalue weighted by molar-refractivity contribution is -0.942. The topological polar surface area (TPSA) is 39.7 Å². The molecule has 0 fully saturated rings. The Kier molecular flexibility index (Phi) is 13.1. The second-order valence-corrected chi connectivity index (χ2v) is 8.51. The zero-order valence-electron chi connectivity index (χ0n) is 20.1. The van der Waals surface area contributed by atoms with E-state index in [9.17, 15) is 4.39 Å². The fourth-order valence-corrected chi connectivity index (χ4v) is 3.77. The Morgan fingerprint density at radius 2 is 1.44 bits per heavy atom. The lowest BCUT2D eigenvalue weighted by Gasteiger charge is -2.27. The van der Waals surface area contributed by atoms with Gasteiger partial charge in [-0.3, -0.25) is 0 Å². The van der Waals surface area contributed by atoms with E-state index in [-0.39, 0.29) is 39.8 Å². The molecule has 0 spiro atoms. The number of hydrogen-bond donors (Lipinski definition) is 3. The fraction of sp³-hybridized carbons (Fsp3) is 0.296. The van der Waals surface area contributed by atoms with Gasteiger partial charge in [-0.2, -0.15) is 0 Å². The average molecular weight is 595 g/mol. The first kappa shape index (κ1) is 29.8. The van der Waals surface area contributed by atoms with Crippen LogP contribution >= 0.6 is 0 Å². The van der Waals surface area contributed by atoms with Crippen LogP contribution in [0.25, 0.3) is 0 Å². The van der Waals surface area contributed by atoms with Gasteiger partial charge in [-0.1, -0.05) is 18.2 Å². The predicted octanol–water partition coefficient (Wildman–Crippen LogP) is -2.81. The third-order valence-corrected chi connectivity index (χ3v) is 5.44. The van der Waals surface area contributed by atoms with E-state index in [0.29, 0.717) is 18.7 Å². The van der Waals surface area contributed by atoms with Gasteiger partial charge in [0.2, 0.25) is 0 Å². The van der Waals surface area contributed by atoms with Crippen LogP contribution in [0.15, 0.2) is 78.9 Å². The van der Waals surface area contributed by atoms with Crippen molar-refractivity contribution in [1.29, 1.82) is 0 Å². The molecule has 184 valence electrons. The summed E-state index contributed by atoms with van der Waals surface area (Å²) >= 11 is 0. The molecule has 0 aromatic heterocycles. The second-order valence-electron chi connectivity index (χ2n) is 8.51. The van der Waals surface area contributed by atoms with E-state index in [1.165, 1.54) is 17.0 Å². The summed E-state index contributed by atoms with van der Waals surface area (Å²) < 4.78 is 19.3. The summed E-state index contributed by atoms with van der Waals surface area (Å²) in [5.74, 6) is 1.42. The number of hydrogen-bond acceptors (Lipinski definition) is 1. The van der Waals surface area contributed by atoms with Gasteiger partial charge in [-0.05, 0) is 88.4 Å². The van der Waals surface area contributed by atoms with Crippen molar-refractivity contribution in [2.75, 3.05) is 18.5 Å². The van der Waals surface area contributed by atoms with Gasteiger partial charge >= 0.3 is 0 Å². The van der Waals surface area contributed by atoms with E-state index in [2.05, 4.69) is 38.0 Å². The lowest BCUT2D eigenvalue weighted by Crippen LogP contribution is -3.18. The molecule has 0 aliphatic heterocycles. The molecule has 4 nitrogen and oxygen atoms in total. The van der Waals surface area contributed by atoms with Gasteiger partial charge in [0.1, 0.15) is 36.1 Å². The van der Waals surface area contributed by atoms with Crippen LogP contribution in [0.4, 0.5) is 15.8 Å². The van der Waals surface area contributed by atoms with Gasteiger partial charge < -0.3 is 43.6 Å². The summed E-state index contributed by atoms with van der Waals surface area (Å²) in [6, 6.07) is 25.4. The Bertz CT molecular complexity index is 987. The third kappa shape index (κ3) is 9.20.